The number of rotatable bonds is 4. The van der Waals surface area contributed by atoms with E-state index in [1.807, 2.05) is 0 Å². The van der Waals surface area contributed by atoms with Crippen molar-refractivity contribution in [3.63, 3.8) is 0 Å². The molecule has 5 nitrogen and oxygen atoms in total. The van der Waals surface area contributed by atoms with E-state index < -0.39 is 32.9 Å². The first kappa shape index (κ1) is 19.3. The zero-order valence-corrected chi connectivity index (χ0v) is 14.8. The summed E-state index contributed by atoms with van der Waals surface area (Å²) in [7, 11) is -3.44. The number of nitrogens with one attached hydrogen (secondary N) is 2. The van der Waals surface area contributed by atoms with E-state index in [1.165, 1.54) is 11.4 Å². The molecule has 0 unspecified atom stereocenters. The summed E-state index contributed by atoms with van der Waals surface area (Å²) in [5.41, 5.74) is -0.641. The molecule has 2 rings (SSSR count). The molecule has 136 valence electrons. The summed E-state index contributed by atoms with van der Waals surface area (Å²) in [6.07, 6.45) is -4.45. The van der Waals surface area contributed by atoms with Crippen LogP contribution in [0.25, 0.3) is 0 Å². The average Bonchev–Trinajstić information content (AvgIpc) is 2.95. The number of hydrogen-bond acceptors (Lipinski definition) is 4. The molecule has 0 fully saturated rings. The minimum atomic E-state index is -4.45. The van der Waals surface area contributed by atoms with Gasteiger partial charge in [-0.25, -0.2) is 13.2 Å². The molecule has 0 saturated carbocycles. The van der Waals surface area contributed by atoms with Crippen molar-refractivity contribution in [2.45, 2.75) is 30.2 Å². The predicted octanol–water partition coefficient (Wildman–Crippen LogP) is 4.59. The van der Waals surface area contributed by atoms with Crippen LogP contribution in [0.15, 0.2) is 40.6 Å². The molecule has 1 heterocycles. The number of thiophene rings is 1. The van der Waals surface area contributed by atoms with Crippen LogP contribution < -0.4 is 10.6 Å². The number of sulfone groups is 1. The summed E-state index contributed by atoms with van der Waals surface area (Å²) in [5, 5.41) is 5.97. The van der Waals surface area contributed by atoms with Gasteiger partial charge in [0.2, 0.25) is 0 Å². The Morgan fingerprint density at radius 3 is 2.24 bits per heavy atom. The molecule has 10 heteroatoms. The van der Waals surface area contributed by atoms with E-state index in [-0.39, 0.29) is 10.6 Å². The Labute approximate surface area is 146 Å². The Balaban J connectivity index is 2.03. The standard InChI is InChI=1S/C15H15F3N2O3S2/c1-9(2)25(22,23)12-7-13(24-8-12)20-14(21)19-11-5-3-10(4-6-11)15(16,17)18/h3-9H,1-2H3,(H2,19,20,21). The smallest absolute Gasteiger partial charge is 0.308 e. The van der Waals surface area contributed by atoms with Gasteiger partial charge in [-0.3, -0.25) is 5.32 Å². The predicted molar refractivity (Wildman–Crippen MR) is 90.7 cm³/mol. The summed E-state index contributed by atoms with van der Waals surface area (Å²) in [4.78, 5) is 12.0. The second kappa shape index (κ2) is 7.04. The van der Waals surface area contributed by atoms with E-state index in [9.17, 15) is 26.4 Å². The van der Waals surface area contributed by atoms with Crippen LogP contribution in [0, 0.1) is 0 Å². The minimum Gasteiger partial charge on any atom is -0.308 e. The zero-order valence-electron chi connectivity index (χ0n) is 13.2. The van der Waals surface area contributed by atoms with Gasteiger partial charge < -0.3 is 5.32 Å². The van der Waals surface area contributed by atoms with Gasteiger partial charge in [0.15, 0.2) is 9.84 Å². The van der Waals surface area contributed by atoms with E-state index in [0.717, 1.165) is 35.6 Å². The number of benzene rings is 1. The maximum atomic E-state index is 12.5. The molecule has 2 amide bonds. The number of alkyl halides is 3. The largest absolute Gasteiger partial charge is 0.416 e. The third-order valence-corrected chi connectivity index (χ3v) is 6.36. The fraction of sp³-hybridized carbons (Fsp3) is 0.267. The van der Waals surface area contributed by atoms with E-state index in [4.69, 9.17) is 0 Å². The van der Waals surface area contributed by atoms with Gasteiger partial charge in [0, 0.05) is 11.1 Å². The highest BCUT2D eigenvalue weighted by Crippen LogP contribution is 2.30. The lowest BCUT2D eigenvalue weighted by molar-refractivity contribution is -0.137. The number of hydrogen-bond donors (Lipinski definition) is 2. The Kier molecular flexibility index (Phi) is 5.43. The second-order valence-electron chi connectivity index (χ2n) is 5.39. The van der Waals surface area contributed by atoms with Gasteiger partial charge >= 0.3 is 12.2 Å². The maximum Gasteiger partial charge on any atom is 0.416 e. The molecule has 25 heavy (non-hydrogen) atoms. The van der Waals surface area contributed by atoms with Crippen molar-refractivity contribution in [3.8, 4) is 0 Å². The Morgan fingerprint density at radius 2 is 1.72 bits per heavy atom. The third kappa shape index (κ3) is 4.73. The SMILES string of the molecule is CC(C)S(=O)(=O)c1csc(NC(=O)Nc2ccc(C(F)(F)F)cc2)c1. The van der Waals surface area contributed by atoms with Gasteiger partial charge in [0.1, 0.15) is 0 Å². The molecule has 1 aromatic heterocycles. The molecule has 0 bridgehead atoms. The first-order valence-corrected chi connectivity index (χ1v) is 9.50. The number of amides is 2. The molecular weight excluding hydrogens is 377 g/mol. The molecule has 0 aliphatic carbocycles. The number of carbonyl (C=O) groups excluding carboxylic acids is 1. The van der Waals surface area contributed by atoms with Crippen molar-refractivity contribution in [3.05, 3.63) is 41.3 Å². The number of anilines is 2. The molecule has 0 radical (unpaired) electrons. The van der Waals surface area contributed by atoms with Gasteiger partial charge in [0.25, 0.3) is 0 Å². The highest BCUT2D eigenvalue weighted by Gasteiger charge is 2.30. The highest BCUT2D eigenvalue weighted by atomic mass is 32.2. The van der Waals surface area contributed by atoms with Crippen LogP contribution in [-0.4, -0.2) is 19.7 Å². The Bertz CT molecular complexity index is 857. The molecule has 0 saturated heterocycles. The summed E-state index contributed by atoms with van der Waals surface area (Å²) >= 11 is 1.04. The van der Waals surface area contributed by atoms with Crippen LogP contribution >= 0.6 is 11.3 Å². The highest BCUT2D eigenvalue weighted by molar-refractivity contribution is 7.92. The van der Waals surface area contributed by atoms with E-state index in [1.54, 1.807) is 13.8 Å². The zero-order chi connectivity index (χ0) is 18.8. The van der Waals surface area contributed by atoms with Crippen LogP contribution in [-0.2, 0) is 16.0 Å². The van der Waals surface area contributed by atoms with Crippen molar-refractivity contribution >= 4 is 37.9 Å². The molecular formula is C15H15F3N2O3S2. The molecule has 0 atom stereocenters. The lowest BCUT2D eigenvalue weighted by Crippen LogP contribution is -2.19. The van der Waals surface area contributed by atoms with Crippen LogP contribution in [0.5, 0.6) is 0 Å². The van der Waals surface area contributed by atoms with Crippen molar-refractivity contribution in [1.82, 2.24) is 0 Å². The first-order chi connectivity index (χ1) is 11.5. The maximum absolute atomic E-state index is 12.5. The fourth-order valence-corrected chi connectivity index (χ4v) is 4.06. The average molecular weight is 392 g/mol. The summed E-state index contributed by atoms with van der Waals surface area (Å²) < 4.78 is 61.5. The Hall–Kier alpha value is -2.07. The lowest BCUT2D eigenvalue weighted by atomic mass is 10.2. The molecule has 2 aromatic rings. The van der Waals surface area contributed by atoms with Gasteiger partial charge in [0.05, 0.1) is 20.7 Å². The van der Waals surface area contributed by atoms with Crippen LogP contribution in [0.3, 0.4) is 0 Å². The summed E-state index contributed by atoms with van der Waals surface area (Å²) in [6, 6.07) is 4.63. The van der Waals surface area contributed by atoms with E-state index >= 15 is 0 Å². The molecule has 0 aliphatic heterocycles. The van der Waals surface area contributed by atoms with Gasteiger partial charge in [-0.15, -0.1) is 11.3 Å². The van der Waals surface area contributed by atoms with Crippen molar-refractivity contribution < 1.29 is 26.4 Å². The topological polar surface area (TPSA) is 75.3 Å². The minimum absolute atomic E-state index is 0.109. The lowest BCUT2D eigenvalue weighted by Gasteiger charge is -2.09. The Morgan fingerprint density at radius 1 is 1.12 bits per heavy atom. The number of carbonyl (C=O) groups is 1. The third-order valence-electron chi connectivity index (χ3n) is 3.23. The van der Waals surface area contributed by atoms with Crippen molar-refractivity contribution in [2.75, 3.05) is 10.6 Å². The first-order valence-electron chi connectivity index (χ1n) is 7.08. The van der Waals surface area contributed by atoms with Gasteiger partial charge in [-0.1, -0.05) is 0 Å². The van der Waals surface area contributed by atoms with Gasteiger partial charge in [-0.05, 0) is 44.2 Å². The van der Waals surface area contributed by atoms with Crippen molar-refractivity contribution in [1.29, 1.82) is 0 Å². The van der Waals surface area contributed by atoms with E-state index in [2.05, 4.69) is 10.6 Å². The molecule has 2 N–H and O–H groups in total. The van der Waals surface area contributed by atoms with E-state index in [0.29, 0.717) is 5.00 Å². The van der Waals surface area contributed by atoms with Crippen LogP contribution in [0.4, 0.5) is 28.7 Å². The molecule has 1 aromatic carbocycles. The molecule has 0 aliphatic rings. The number of urea groups is 1. The van der Waals surface area contributed by atoms with Crippen molar-refractivity contribution in [2.24, 2.45) is 0 Å². The molecule has 0 spiro atoms. The fourth-order valence-electron chi connectivity index (χ4n) is 1.82. The van der Waals surface area contributed by atoms with Gasteiger partial charge in [-0.2, -0.15) is 13.2 Å². The normalized spacial score (nSPS) is 12.2. The van der Waals surface area contributed by atoms with Crippen LogP contribution in [0.1, 0.15) is 19.4 Å². The second-order valence-corrected chi connectivity index (χ2v) is 8.81. The number of halogens is 3. The summed E-state index contributed by atoms with van der Waals surface area (Å²) in [5.74, 6) is 0. The quantitative estimate of drug-likeness (QED) is 0.799. The monoisotopic (exact) mass is 392 g/mol. The van der Waals surface area contributed by atoms with Crippen LogP contribution in [0.2, 0.25) is 0 Å². The summed E-state index contributed by atoms with van der Waals surface area (Å²) in [6.45, 7) is 3.11.